The number of carboxylic acids is 1. The highest BCUT2D eigenvalue weighted by Crippen LogP contribution is 2.41. The summed E-state index contributed by atoms with van der Waals surface area (Å²) in [4.78, 5) is 18.1. The van der Waals surface area contributed by atoms with Gasteiger partial charge in [-0.2, -0.15) is 13.2 Å². The van der Waals surface area contributed by atoms with Crippen molar-refractivity contribution in [3.63, 3.8) is 0 Å². The lowest BCUT2D eigenvalue weighted by Gasteiger charge is -2.16. The second-order valence-corrected chi connectivity index (χ2v) is 10.4. The van der Waals surface area contributed by atoms with Crippen molar-refractivity contribution in [2.24, 2.45) is 10.9 Å². The van der Waals surface area contributed by atoms with Crippen molar-refractivity contribution in [2.45, 2.75) is 39.9 Å². The van der Waals surface area contributed by atoms with Gasteiger partial charge in [-0.25, -0.2) is 0 Å². The van der Waals surface area contributed by atoms with E-state index in [1.54, 1.807) is 36.5 Å². The van der Waals surface area contributed by atoms with Gasteiger partial charge in [0.25, 0.3) is 0 Å². The lowest BCUT2D eigenvalue weighted by molar-refractivity contribution is -0.142. The Balaban J connectivity index is 1.58. The SMILES string of the molecule is Cc1sc2c(c1C)C(c1ccc(Nc3cccc(C(F)(F)F)c3)cc1)=NC([C@H](C)C(=O)O)c1nnc(C)n1-2. The van der Waals surface area contributed by atoms with E-state index in [0.29, 0.717) is 28.7 Å². The van der Waals surface area contributed by atoms with Gasteiger partial charge in [0.05, 0.1) is 17.2 Å². The van der Waals surface area contributed by atoms with E-state index in [9.17, 15) is 23.1 Å². The Labute approximate surface area is 220 Å². The fourth-order valence-corrected chi connectivity index (χ4v) is 5.68. The Morgan fingerprint density at radius 3 is 2.45 bits per heavy atom. The van der Waals surface area contributed by atoms with E-state index in [1.807, 2.05) is 37.5 Å². The molecule has 3 heterocycles. The molecule has 2 aromatic carbocycles. The van der Waals surface area contributed by atoms with Gasteiger partial charge in [0.15, 0.2) is 5.82 Å². The normalized spacial score (nSPS) is 15.8. The highest BCUT2D eigenvalue weighted by atomic mass is 32.1. The van der Waals surface area contributed by atoms with Gasteiger partial charge in [-0.3, -0.25) is 14.4 Å². The first-order valence-corrected chi connectivity index (χ1v) is 12.7. The van der Waals surface area contributed by atoms with Gasteiger partial charge < -0.3 is 10.4 Å². The lowest BCUT2D eigenvalue weighted by Crippen LogP contribution is -2.21. The van der Waals surface area contributed by atoms with Crippen LogP contribution in [0.4, 0.5) is 24.5 Å². The van der Waals surface area contributed by atoms with Crippen LogP contribution in [0, 0.1) is 26.7 Å². The zero-order valence-electron chi connectivity index (χ0n) is 21.0. The van der Waals surface area contributed by atoms with Gasteiger partial charge in [-0.15, -0.1) is 21.5 Å². The molecule has 2 N–H and O–H groups in total. The summed E-state index contributed by atoms with van der Waals surface area (Å²) in [6.07, 6.45) is -4.43. The summed E-state index contributed by atoms with van der Waals surface area (Å²) in [7, 11) is 0. The minimum atomic E-state index is -4.43. The molecule has 38 heavy (non-hydrogen) atoms. The Morgan fingerprint density at radius 1 is 1.08 bits per heavy atom. The summed E-state index contributed by atoms with van der Waals surface area (Å²) in [6, 6.07) is 11.4. The number of carbonyl (C=O) groups is 1. The lowest BCUT2D eigenvalue weighted by atomic mass is 9.98. The maximum atomic E-state index is 13.1. The molecule has 2 aromatic heterocycles. The number of alkyl halides is 3. The zero-order valence-corrected chi connectivity index (χ0v) is 21.8. The molecule has 2 atom stereocenters. The molecule has 0 amide bonds. The highest BCUT2D eigenvalue weighted by Gasteiger charge is 2.36. The molecule has 0 spiro atoms. The summed E-state index contributed by atoms with van der Waals surface area (Å²) in [6.45, 7) is 7.45. The molecule has 5 rings (SSSR count). The van der Waals surface area contributed by atoms with Crippen molar-refractivity contribution >= 4 is 34.4 Å². The number of carboxylic acid groups (broad SMARTS) is 1. The fourth-order valence-electron chi connectivity index (χ4n) is 4.47. The molecule has 0 radical (unpaired) electrons. The molecule has 0 bridgehead atoms. The highest BCUT2D eigenvalue weighted by molar-refractivity contribution is 7.15. The average Bonchev–Trinajstić information content (AvgIpc) is 3.33. The number of aliphatic carboxylic acids is 1. The van der Waals surface area contributed by atoms with Crippen molar-refractivity contribution in [1.82, 2.24) is 14.8 Å². The summed E-state index contributed by atoms with van der Waals surface area (Å²) >= 11 is 1.57. The molecule has 0 saturated heterocycles. The molecular weight excluding hydrogens is 515 g/mol. The minimum Gasteiger partial charge on any atom is -0.481 e. The third-order valence-electron chi connectivity index (χ3n) is 6.69. The van der Waals surface area contributed by atoms with Crippen LogP contribution in [0.15, 0.2) is 53.5 Å². The first-order chi connectivity index (χ1) is 18.0. The standard InChI is InChI=1S/C27H24F3N5O2S/c1-13-15(3)38-25-21(13)23(32-22(14(2)26(36)37)24-34-33-16(4)35(24)25)17-8-10-19(11-9-17)31-20-7-5-6-18(12-20)27(28,29)30/h5-12,14,22,31H,1-4H3,(H,36,37)/t14-,22?/m0/s1. The van der Waals surface area contributed by atoms with Gasteiger partial charge in [0.1, 0.15) is 16.9 Å². The number of aromatic nitrogens is 3. The topological polar surface area (TPSA) is 92.4 Å². The molecule has 0 fully saturated rings. The van der Waals surface area contributed by atoms with Gasteiger partial charge >= 0.3 is 12.1 Å². The predicted octanol–water partition coefficient (Wildman–Crippen LogP) is 6.63. The number of nitrogens with zero attached hydrogens (tertiary/aromatic N) is 4. The summed E-state index contributed by atoms with van der Waals surface area (Å²) < 4.78 is 41.2. The first-order valence-electron chi connectivity index (χ1n) is 11.8. The number of nitrogens with one attached hydrogen (secondary N) is 1. The number of thiophene rings is 1. The number of hydrogen-bond acceptors (Lipinski definition) is 6. The number of benzene rings is 2. The minimum absolute atomic E-state index is 0.315. The van der Waals surface area contributed by atoms with Crippen LogP contribution >= 0.6 is 11.3 Å². The molecule has 196 valence electrons. The van der Waals surface area contributed by atoms with E-state index in [1.165, 1.54) is 6.07 Å². The summed E-state index contributed by atoms with van der Waals surface area (Å²) in [5.74, 6) is -0.742. The molecule has 1 unspecified atom stereocenters. The van der Waals surface area contributed by atoms with E-state index in [-0.39, 0.29) is 0 Å². The molecular formula is C27H24F3N5O2S. The van der Waals surface area contributed by atoms with Crippen molar-refractivity contribution in [3.05, 3.63) is 87.3 Å². The van der Waals surface area contributed by atoms with Gasteiger partial charge in [0, 0.05) is 27.4 Å². The Bertz CT molecular complexity index is 1570. The van der Waals surface area contributed by atoms with Crippen LogP contribution in [-0.2, 0) is 11.0 Å². The third-order valence-corrected chi connectivity index (χ3v) is 7.88. The average molecular weight is 540 g/mol. The van der Waals surface area contributed by atoms with Crippen LogP contribution in [0.2, 0.25) is 0 Å². The van der Waals surface area contributed by atoms with Gasteiger partial charge in [-0.05, 0) is 63.6 Å². The molecule has 1 aliphatic rings. The van der Waals surface area contributed by atoms with Crippen LogP contribution in [0.5, 0.6) is 0 Å². The second-order valence-electron chi connectivity index (χ2n) is 9.23. The van der Waals surface area contributed by atoms with Crippen LogP contribution < -0.4 is 5.32 Å². The molecule has 0 saturated carbocycles. The monoisotopic (exact) mass is 539 g/mol. The van der Waals surface area contributed by atoms with E-state index in [0.717, 1.165) is 38.7 Å². The Morgan fingerprint density at radius 2 is 1.79 bits per heavy atom. The van der Waals surface area contributed by atoms with Crippen molar-refractivity contribution in [2.75, 3.05) is 5.32 Å². The van der Waals surface area contributed by atoms with Crippen molar-refractivity contribution in [3.8, 4) is 5.00 Å². The predicted molar refractivity (Wildman–Crippen MR) is 140 cm³/mol. The van der Waals surface area contributed by atoms with E-state index >= 15 is 0 Å². The number of rotatable bonds is 5. The Hall–Kier alpha value is -3.99. The van der Waals surface area contributed by atoms with E-state index in [4.69, 9.17) is 4.99 Å². The van der Waals surface area contributed by atoms with Gasteiger partial charge in [-0.1, -0.05) is 18.2 Å². The number of halogens is 3. The van der Waals surface area contributed by atoms with Crippen LogP contribution in [0.25, 0.3) is 5.00 Å². The number of aliphatic imine (C=N–C) groups is 1. The zero-order chi connectivity index (χ0) is 27.4. The largest absolute Gasteiger partial charge is 0.481 e. The maximum Gasteiger partial charge on any atom is 0.416 e. The number of aryl methyl sites for hydroxylation is 2. The first kappa shape index (κ1) is 25.7. The van der Waals surface area contributed by atoms with E-state index < -0.39 is 29.7 Å². The molecule has 7 nitrogen and oxygen atoms in total. The van der Waals surface area contributed by atoms with Crippen LogP contribution in [-0.4, -0.2) is 31.6 Å². The Kier molecular flexibility index (Phi) is 6.34. The number of hydrogen-bond donors (Lipinski definition) is 2. The van der Waals surface area contributed by atoms with Crippen LogP contribution in [0.1, 0.15) is 51.7 Å². The second kappa shape index (κ2) is 9.39. The molecule has 1 aliphatic heterocycles. The van der Waals surface area contributed by atoms with Crippen molar-refractivity contribution in [1.29, 1.82) is 0 Å². The summed E-state index contributed by atoms with van der Waals surface area (Å²) in [5.41, 5.74) is 3.48. The molecule has 11 heteroatoms. The number of anilines is 2. The smallest absolute Gasteiger partial charge is 0.416 e. The van der Waals surface area contributed by atoms with E-state index in [2.05, 4.69) is 15.5 Å². The molecule has 0 aliphatic carbocycles. The fraction of sp³-hybridized carbons (Fsp3) is 0.259. The molecule has 4 aromatic rings. The number of fused-ring (bicyclic) bond motifs is 3. The third kappa shape index (κ3) is 4.47. The van der Waals surface area contributed by atoms with Crippen molar-refractivity contribution < 1.29 is 23.1 Å². The summed E-state index contributed by atoms with van der Waals surface area (Å²) in [5, 5.41) is 22.2. The van der Waals surface area contributed by atoms with Crippen LogP contribution in [0.3, 0.4) is 0 Å². The maximum absolute atomic E-state index is 13.1. The van der Waals surface area contributed by atoms with Gasteiger partial charge in [0.2, 0.25) is 0 Å². The quantitative estimate of drug-likeness (QED) is 0.297.